The SMILES string of the molecule is COC(=O)CC(NCCO)C(=O)c1ccc(OC)cc1C. The van der Waals surface area contributed by atoms with Crippen molar-refractivity contribution in [1.29, 1.82) is 0 Å². The molecule has 1 atom stereocenters. The topological polar surface area (TPSA) is 84.9 Å². The standard InChI is InChI=1S/C15H21NO5/c1-10-8-11(20-2)4-5-12(10)15(19)13(16-6-7-17)9-14(18)21-3/h4-5,8,13,16-17H,6-7,9H2,1-3H3. The molecule has 21 heavy (non-hydrogen) atoms. The molecule has 116 valence electrons. The van der Waals surface area contributed by atoms with Crippen LogP contribution in [0, 0.1) is 6.92 Å². The van der Waals surface area contributed by atoms with Gasteiger partial charge in [0.2, 0.25) is 0 Å². The number of rotatable bonds is 8. The summed E-state index contributed by atoms with van der Waals surface area (Å²) in [5, 5.41) is 11.7. The van der Waals surface area contributed by atoms with Crippen LogP contribution in [0.3, 0.4) is 0 Å². The highest BCUT2D eigenvalue weighted by Crippen LogP contribution is 2.19. The third-order valence-electron chi connectivity index (χ3n) is 3.12. The van der Waals surface area contributed by atoms with Crippen LogP contribution in [0.15, 0.2) is 18.2 Å². The molecular formula is C15H21NO5. The molecule has 1 aromatic rings. The normalized spacial score (nSPS) is 11.8. The molecule has 0 saturated carbocycles. The fourth-order valence-electron chi connectivity index (χ4n) is 1.97. The number of methoxy groups -OCH3 is 2. The van der Waals surface area contributed by atoms with Gasteiger partial charge in [0, 0.05) is 12.1 Å². The molecule has 0 heterocycles. The molecule has 1 aromatic carbocycles. The number of aryl methyl sites for hydroxylation is 1. The van der Waals surface area contributed by atoms with Gasteiger partial charge >= 0.3 is 5.97 Å². The van der Waals surface area contributed by atoms with E-state index in [4.69, 9.17) is 9.84 Å². The average molecular weight is 295 g/mol. The van der Waals surface area contributed by atoms with Crippen molar-refractivity contribution in [3.05, 3.63) is 29.3 Å². The Balaban J connectivity index is 2.95. The van der Waals surface area contributed by atoms with Crippen molar-refractivity contribution in [2.24, 2.45) is 0 Å². The number of aliphatic hydroxyl groups is 1. The second kappa shape index (κ2) is 8.39. The van der Waals surface area contributed by atoms with Crippen molar-refractivity contribution in [1.82, 2.24) is 5.32 Å². The summed E-state index contributed by atoms with van der Waals surface area (Å²) in [6.45, 7) is 1.91. The molecule has 6 heteroatoms. The minimum Gasteiger partial charge on any atom is -0.497 e. The molecule has 0 aliphatic carbocycles. The summed E-state index contributed by atoms with van der Waals surface area (Å²) in [6, 6.07) is 4.40. The van der Waals surface area contributed by atoms with Gasteiger partial charge in [-0.15, -0.1) is 0 Å². The number of ketones is 1. The van der Waals surface area contributed by atoms with Gasteiger partial charge in [-0.1, -0.05) is 0 Å². The van der Waals surface area contributed by atoms with Gasteiger partial charge in [-0.25, -0.2) is 0 Å². The van der Waals surface area contributed by atoms with Gasteiger partial charge in [0.15, 0.2) is 5.78 Å². The number of aliphatic hydroxyl groups excluding tert-OH is 1. The van der Waals surface area contributed by atoms with Gasteiger partial charge in [-0.2, -0.15) is 0 Å². The average Bonchev–Trinajstić information content (AvgIpc) is 2.50. The first-order valence-corrected chi connectivity index (χ1v) is 6.63. The van der Waals surface area contributed by atoms with Crippen molar-refractivity contribution in [3.63, 3.8) is 0 Å². The zero-order chi connectivity index (χ0) is 15.8. The Morgan fingerprint density at radius 3 is 2.57 bits per heavy atom. The predicted octanol–water partition coefficient (Wildman–Crippen LogP) is 0.700. The number of benzene rings is 1. The minimum atomic E-state index is -0.725. The first-order valence-electron chi connectivity index (χ1n) is 6.63. The summed E-state index contributed by atoms with van der Waals surface area (Å²) in [5.41, 5.74) is 1.27. The summed E-state index contributed by atoms with van der Waals surface area (Å²) < 4.78 is 9.70. The van der Waals surface area contributed by atoms with Crippen LogP contribution < -0.4 is 10.1 Å². The molecule has 0 aromatic heterocycles. The fourth-order valence-corrected chi connectivity index (χ4v) is 1.97. The third kappa shape index (κ3) is 4.84. The van der Waals surface area contributed by atoms with Gasteiger partial charge in [0.05, 0.1) is 33.3 Å². The van der Waals surface area contributed by atoms with E-state index in [0.717, 1.165) is 5.56 Å². The number of Topliss-reactive ketones (excluding diaryl/α,β-unsaturated/α-hetero) is 1. The summed E-state index contributed by atoms with van der Waals surface area (Å²) in [4.78, 5) is 23.9. The fraction of sp³-hybridized carbons (Fsp3) is 0.467. The highest BCUT2D eigenvalue weighted by atomic mass is 16.5. The Morgan fingerprint density at radius 1 is 1.33 bits per heavy atom. The van der Waals surface area contributed by atoms with E-state index < -0.39 is 12.0 Å². The number of hydrogen-bond acceptors (Lipinski definition) is 6. The molecule has 0 amide bonds. The first kappa shape index (κ1) is 17.1. The molecule has 0 fully saturated rings. The predicted molar refractivity (Wildman–Crippen MR) is 77.6 cm³/mol. The Kier molecular flexibility index (Phi) is 6.84. The van der Waals surface area contributed by atoms with Crippen molar-refractivity contribution >= 4 is 11.8 Å². The quantitative estimate of drug-likeness (QED) is 0.542. The van der Waals surface area contributed by atoms with E-state index in [0.29, 0.717) is 11.3 Å². The van der Waals surface area contributed by atoms with Crippen LogP contribution in [0.4, 0.5) is 0 Å². The molecular weight excluding hydrogens is 274 g/mol. The second-order valence-electron chi connectivity index (χ2n) is 4.56. The van der Waals surface area contributed by atoms with Gasteiger partial charge in [0.1, 0.15) is 5.75 Å². The maximum atomic E-state index is 12.5. The lowest BCUT2D eigenvalue weighted by Gasteiger charge is -2.17. The van der Waals surface area contributed by atoms with E-state index in [1.807, 2.05) is 0 Å². The van der Waals surface area contributed by atoms with Crippen molar-refractivity contribution in [2.75, 3.05) is 27.4 Å². The lowest BCUT2D eigenvalue weighted by molar-refractivity contribution is -0.141. The molecule has 0 bridgehead atoms. The molecule has 0 radical (unpaired) electrons. The van der Waals surface area contributed by atoms with Crippen molar-refractivity contribution in [3.8, 4) is 5.75 Å². The highest BCUT2D eigenvalue weighted by molar-refractivity contribution is 6.03. The van der Waals surface area contributed by atoms with Crippen molar-refractivity contribution in [2.45, 2.75) is 19.4 Å². The number of hydrogen-bond donors (Lipinski definition) is 2. The third-order valence-corrected chi connectivity index (χ3v) is 3.12. The summed E-state index contributed by atoms with van der Waals surface area (Å²) in [7, 11) is 2.83. The lowest BCUT2D eigenvalue weighted by Crippen LogP contribution is -2.40. The molecule has 1 unspecified atom stereocenters. The zero-order valence-electron chi connectivity index (χ0n) is 12.5. The van der Waals surface area contributed by atoms with E-state index in [9.17, 15) is 9.59 Å². The summed E-state index contributed by atoms with van der Waals surface area (Å²) >= 11 is 0. The Morgan fingerprint density at radius 2 is 2.05 bits per heavy atom. The lowest BCUT2D eigenvalue weighted by atomic mass is 9.97. The molecule has 0 aliphatic rings. The second-order valence-corrected chi connectivity index (χ2v) is 4.56. The highest BCUT2D eigenvalue weighted by Gasteiger charge is 2.24. The number of nitrogens with one attached hydrogen (secondary N) is 1. The van der Waals surface area contributed by atoms with Gasteiger partial charge < -0.3 is 19.9 Å². The van der Waals surface area contributed by atoms with Gasteiger partial charge in [-0.3, -0.25) is 9.59 Å². The van der Waals surface area contributed by atoms with Crippen molar-refractivity contribution < 1.29 is 24.2 Å². The minimum absolute atomic E-state index is 0.0825. The van der Waals surface area contributed by atoms with Crippen LogP contribution >= 0.6 is 0 Å². The number of ether oxygens (including phenoxy) is 2. The van der Waals surface area contributed by atoms with E-state index in [1.54, 1.807) is 32.2 Å². The summed E-state index contributed by atoms with van der Waals surface area (Å²) in [5.74, 6) is -0.0316. The Hall–Kier alpha value is -1.92. The largest absolute Gasteiger partial charge is 0.497 e. The molecule has 2 N–H and O–H groups in total. The van der Waals surface area contributed by atoms with E-state index in [1.165, 1.54) is 7.11 Å². The number of esters is 1. The zero-order valence-corrected chi connectivity index (χ0v) is 12.5. The van der Waals surface area contributed by atoms with Crippen LogP contribution in [-0.2, 0) is 9.53 Å². The number of carbonyl (C=O) groups excluding carboxylic acids is 2. The first-order chi connectivity index (χ1) is 10.0. The Bertz CT molecular complexity index is 501. The van der Waals surface area contributed by atoms with E-state index >= 15 is 0 Å². The van der Waals surface area contributed by atoms with Crippen LogP contribution in [0.5, 0.6) is 5.75 Å². The Labute approximate surface area is 124 Å². The van der Waals surface area contributed by atoms with Crippen LogP contribution in [0.1, 0.15) is 22.3 Å². The molecule has 0 aliphatic heterocycles. The van der Waals surface area contributed by atoms with Crippen LogP contribution in [-0.4, -0.2) is 50.3 Å². The molecule has 0 spiro atoms. The van der Waals surface area contributed by atoms with E-state index in [-0.39, 0.29) is 25.4 Å². The van der Waals surface area contributed by atoms with Gasteiger partial charge in [-0.05, 0) is 30.7 Å². The van der Waals surface area contributed by atoms with E-state index in [2.05, 4.69) is 10.1 Å². The molecule has 6 nitrogen and oxygen atoms in total. The van der Waals surface area contributed by atoms with Gasteiger partial charge in [0.25, 0.3) is 0 Å². The smallest absolute Gasteiger partial charge is 0.307 e. The van der Waals surface area contributed by atoms with Crippen LogP contribution in [0.25, 0.3) is 0 Å². The number of carbonyl (C=O) groups is 2. The monoisotopic (exact) mass is 295 g/mol. The maximum absolute atomic E-state index is 12.5. The van der Waals surface area contributed by atoms with Crippen LogP contribution in [0.2, 0.25) is 0 Å². The maximum Gasteiger partial charge on any atom is 0.307 e. The summed E-state index contributed by atoms with van der Waals surface area (Å²) in [6.07, 6.45) is -0.0825. The molecule has 1 rings (SSSR count). The molecule has 0 saturated heterocycles.